The van der Waals surface area contributed by atoms with Gasteiger partial charge in [0.25, 0.3) is 0 Å². The first-order chi connectivity index (χ1) is 10.5. The van der Waals surface area contributed by atoms with Gasteiger partial charge in [-0.3, -0.25) is 9.59 Å². The zero-order valence-electron chi connectivity index (χ0n) is 13.5. The Morgan fingerprint density at radius 1 is 1.36 bits per heavy atom. The van der Waals surface area contributed by atoms with Crippen LogP contribution in [0.4, 0.5) is 0 Å². The number of carbonyl (C=O) groups is 2. The second kappa shape index (κ2) is 7.38. The molecule has 2 rings (SSSR count). The van der Waals surface area contributed by atoms with Crippen LogP contribution in [0.2, 0.25) is 0 Å². The second-order valence-corrected chi connectivity index (χ2v) is 6.05. The number of aromatic nitrogens is 2. The van der Waals surface area contributed by atoms with Crippen LogP contribution < -0.4 is 5.32 Å². The first kappa shape index (κ1) is 16.5. The molecule has 0 radical (unpaired) electrons. The lowest BCUT2D eigenvalue weighted by molar-refractivity contribution is -0.130. The highest BCUT2D eigenvalue weighted by Crippen LogP contribution is 2.12. The number of piperidine rings is 1. The van der Waals surface area contributed by atoms with Gasteiger partial charge in [0.05, 0.1) is 0 Å². The quantitative estimate of drug-likeness (QED) is 0.884. The van der Waals surface area contributed by atoms with Crippen molar-refractivity contribution in [1.29, 1.82) is 0 Å². The van der Waals surface area contributed by atoms with Crippen LogP contribution in [0.15, 0.2) is 4.52 Å². The number of amides is 2. The molecular formula is C15H24N4O3. The second-order valence-electron chi connectivity index (χ2n) is 6.05. The molecule has 1 aliphatic rings. The summed E-state index contributed by atoms with van der Waals surface area (Å²) < 4.78 is 5.12. The minimum absolute atomic E-state index is 0.00873. The van der Waals surface area contributed by atoms with Crippen molar-refractivity contribution in [3.8, 4) is 0 Å². The molecule has 2 amide bonds. The van der Waals surface area contributed by atoms with Crippen molar-refractivity contribution < 1.29 is 14.1 Å². The third-order valence-corrected chi connectivity index (χ3v) is 3.87. The molecule has 1 N–H and O–H groups in total. The van der Waals surface area contributed by atoms with E-state index in [4.69, 9.17) is 4.52 Å². The first-order valence-electron chi connectivity index (χ1n) is 7.83. The molecule has 0 aromatic carbocycles. The summed E-state index contributed by atoms with van der Waals surface area (Å²) in [4.78, 5) is 29.3. The molecule has 0 saturated carbocycles. The van der Waals surface area contributed by atoms with E-state index in [0.29, 0.717) is 37.6 Å². The normalized spacial score (nSPS) is 16.1. The van der Waals surface area contributed by atoms with Crippen LogP contribution in [0, 0.1) is 0 Å². The fraction of sp³-hybridized carbons (Fsp3) is 0.733. The van der Waals surface area contributed by atoms with Gasteiger partial charge in [-0.2, -0.15) is 4.98 Å². The van der Waals surface area contributed by atoms with Gasteiger partial charge in [-0.05, 0) is 12.8 Å². The molecule has 1 aromatic rings. The van der Waals surface area contributed by atoms with Crippen LogP contribution in [-0.4, -0.2) is 46.0 Å². The highest BCUT2D eigenvalue weighted by molar-refractivity contribution is 5.76. The maximum absolute atomic E-state index is 12.0. The topological polar surface area (TPSA) is 88.3 Å². The summed E-state index contributed by atoms with van der Waals surface area (Å²) in [5.74, 6) is 1.49. The molecule has 122 valence electrons. The van der Waals surface area contributed by atoms with Gasteiger partial charge in [0.1, 0.15) is 0 Å². The predicted octanol–water partition coefficient (Wildman–Crippen LogP) is 1.25. The Hall–Kier alpha value is -1.92. The molecule has 22 heavy (non-hydrogen) atoms. The Balaban J connectivity index is 1.71. The first-order valence-corrected chi connectivity index (χ1v) is 7.83. The van der Waals surface area contributed by atoms with Gasteiger partial charge in [-0.15, -0.1) is 0 Å². The lowest BCUT2D eigenvalue weighted by Crippen LogP contribution is -2.46. The number of nitrogens with one attached hydrogen (secondary N) is 1. The Morgan fingerprint density at radius 2 is 2.05 bits per heavy atom. The predicted molar refractivity (Wildman–Crippen MR) is 80.1 cm³/mol. The van der Waals surface area contributed by atoms with E-state index < -0.39 is 0 Å². The average Bonchev–Trinajstić information content (AvgIpc) is 2.95. The number of likely N-dealkylation sites (tertiary alicyclic amines) is 1. The molecule has 0 unspecified atom stereocenters. The maximum atomic E-state index is 12.0. The molecule has 1 saturated heterocycles. The fourth-order valence-electron chi connectivity index (χ4n) is 2.46. The third-order valence-electron chi connectivity index (χ3n) is 3.87. The van der Waals surface area contributed by atoms with Crippen molar-refractivity contribution in [3.05, 3.63) is 11.7 Å². The highest BCUT2D eigenvalue weighted by Gasteiger charge is 2.22. The Morgan fingerprint density at radius 3 is 2.59 bits per heavy atom. The Bertz CT molecular complexity index is 519. The number of rotatable bonds is 5. The van der Waals surface area contributed by atoms with Crippen molar-refractivity contribution in [2.75, 3.05) is 13.1 Å². The van der Waals surface area contributed by atoms with Crippen LogP contribution in [-0.2, 0) is 16.0 Å². The van der Waals surface area contributed by atoms with Gasteiger partial charge >= 0.3 is 0 Å². The van der Waals surface area contributed by atoms with E-state index in [1.54, 1.807) is 6.92 Å². The van der Waals surface area contributed by atoms with Crippen LogP contribution in [0.3, 0.4) is 0 Å². The van der Waals surface area contributed by atoms with Crippen molar-refractivity contribution in [2.45, 2.75) is 58.4 Å². The van der Waals surface area contributed by atoms with E-state index in [1.807, 2.05) is 18.7 Å². The summed E-state index contributed by atoms with van der Waals surface area (Å²) in [5.41, 5.74) is 0. The van der Waals surface area contributed by atoms with Crippen molar-refractivity contribution in [2.24, 2.45) is 0 Å². The summed E-state index contributed by atoms with van der Waals surface area (Å²) in [6.45, 7) is 6.99. The molecule has 0 bridgehead atoms. The van der Waals surface area contributed by atoms with Gasteiger partial charge in [0, 0.05) is 44.8 Å². The molecule has 2 heterocycles. The van der Waals surface area contributed by atoms with Crippen LogP contribution in [0.5, 0.6) is 0 Å². The Labute approximate surface area is 130 Å². The van der Waals surface area contributed by atoms with E-state index in [9.17, 15) is 9.59 Å². The smallest absolute Gasteiger partial charge is 0.227 e. The minimum Gasteiger partial charge on any atom is -0.353 e. The van der Waals surface area contributed by atoms with Gasteiger partial charge in [-0.25, -0.2) is 0 Å². The van der Waals surface area contributed by atoms with E-state index in [0.717, 1.165) is 12.8 Å². The highest BCUT2D eigenvalue weighted by atomic mass is 16.5. The van der Waals surface area contributed by atoms with Gasteiger partial charge in [-0.1, -0.05) is 19.0 Å². The molecule has 1 fully saturated rings. The molecule has 0 atom stereocenters. The molecule has 7 heteroatoms. The summed E-state index contributed by atoms with van der Waals surface area (Å²) in [6, 6.07) is 0.150. The average molecular weight is 308 g/mol. The molecule has 7 nitrogen and oxygen atoms in total. The van der Waals surface area contributed by atoms with Crippen molar-refractivity contribution >= 4 is 11.8 Å². The molecule has 0 spiro atoms. The maximum Gasteiger partial charge on any atom is 0.227 e. The Kier molecular flexibility index (Phi) is 5.51. The largest absolute Gasteiger partial charge is 0.353 e. The van der Waals surface area contributed by atoms with E-state index in [1.165, 1.54) is 0 Å². The lowest BCUT2D eigenvalue weighted by Gasteiger charge is -2.31. The van der Waals surface area contributed by atoms with Crippen molar-refractivity contribution in [3.63, 3.8) is 0 Å². The number of nitrogens with zero attached hydrogens (tertiary/aromatic N) is 3. The van der Waals surface area contributed by atoms with Crippen LogP contribution in [0.25, 0.3) is 0 Å². The number of hydrogen-bond acceptors (Lipinski definition) is 5. The van der Waals surface area contributed by atoms with Crippen LogP contribution >= 0.6 is 0 Å². The summed E-state index contributed by atoms with van der Waals surface area (Å²) in [6.07, 6.45) is 2.41. The number of aryl methyl sites for hydroxylation is 1. The number of hydrogen-bond donors (Lipinski definition) is 1. The standard InChI is InChI=1S/C15H24N4O3/c1-10(2)15-17-14(22-18-15)5-4-13(21)16-12-6-8-19(9-7-12)11(3)20/h10,12H,4-9H2,1-3H3,(H,16,21). The van der Waals surface area contributed by atoms with E-state index >= 15 is 0 Å². The van der Waals surface area contributed by atoms with Gasteiger partial charge < -0.3 is 14.7 Å². The molecular weight excluding hydrogens is 284 g/mol. The monoisotopic (exact) mass is 308 g/mol. The summed E-state index contributed by atoms with van der Waals surface area (Å²) in [5, 5.41) is 6.89. The van der Waals surface area contributed by atoms with Crippen LogP contribution in [0.1, 0.15) is 57.7 Å². The third kappa shape index (κ3) is 4.54. The van der Waals surface area contributed by atoms with Gasteiger partial charge in [0.2, 0.25) is 17.7 Å². The summed E-state index contributed by atoms with van der Waals surface area (Å²) >= 11 is 0. The van der Waals surface area contributed by atoms with Crippen molar-refractivity contribution in [1.82, 2.24) is 20.4 Å². The summed E-state index contributed by atoms with van der Waals surface area (Å²) in [7, 11) is 0. The van der Waals surface area contributed by atoms with E-state index in [2.05, 4.69) is 15.5 Å². The zero-order chi connectivity index (χ0) is 16.1. The minimum atomic E-state index is -0.00873. The van der Waals surface area contributed by atoms with E-state index in [-0.39, 0.29) is 23.8 Å². The fourth-order valence-corrected chi connectivity index (χ4v) is 2.46. The van der Waals surface area contributed by atoms with Gasteiger partial charge in [0.15, 0.2) is 5.82 Å². The molecule has 1 aliphatic heterocycles. The molecule has 1 aromatic heterocycles. The lowest BCUT2D eigenvalue weighted by atomic mass is 10.0. The number of carbonyl (C=O) groups excluding carboxylic acids is 2. The molecule has 0 aliphatic carbocycles. The SMILES string of the molecule is CC(=O)N1CCC(NC(=O)CCc2nc(C(C)C)no2)CC1. The zero-order valence-corrected chi connectivity index (χ0v) is 13.5.